The third kappa shape index (κ3) is 3.79. The van der Waals surface area contributed by atoms with Crippen molar-refractivity contribution in [3.05, 3.63) is 6.61 Å². The maximum atomic E-state index is 8.89. The third-order valence-corrected chi connectivity index (χ3v) is 1.13. The van der Waals surface area contributed by atoms with Gasteiger partial charge in [0.25, 0.3) is 0 Å². The van der Waals surface area contributed by atoms with Crippen LogP contribution in [0.15, 0.2) is 0 Å². The van der Waals surface area contributed by atoms with E-state index in [-0.39, 0.29) is 6.42 Å². The fourth-order valence-electron chi connectivity index (χ4n) is 0.588. The zero-order valence-electron chi connectivity index (χ0n) is 5.81. The summed E-state index contributed by atoms with van der Waals surface area (Å²) in [5.74, 6) is 0. The first-order valence-electron chi connectivity index (χ1n) is 3.09. The molecule has 0 bridgehead atoms. The average molecular weight is 149 g/mol. The van der Waals surface area contributed by atoms with Gasteiger partial charge in [-0.05, 0) is 6.92 Å². The summed E-state index contributed by atoms with van der Waals surface area (Å²) in [5, 5.41) is 34.5. The highest BCUT2D eigenvalue weighted by Gasteiger charge is 2.16. The minimum Gasteiger partial charge on any atom is -0.393 e. The monoisotopic (exact) mass is 149 g/mol. The zero-order valence-corrected chi connectivity index (χ0v) is 5.81. The van der Waals surface area contributed by atoms with Gasteiger partial charge in [0.1, 0.15) is 12.7 Å². The molecule has 0 saturated carbocycles. The average Bonchev–Trinajstić information content (AvgIpc) is 1.85. The van der Waals surface area contributed by atoms with Crippen LogP contribution in [-0.4, -0.2) is 38.7 Å². The van der Waals surface area contributed by atoms with Gasteiger partial charge < -0.3 is 20.4 Å². The van der Waals surface area contributed by atoms with E-state index >= 15 is 0 Å². The lowest BCUT2D eigenvalue weighted by molar-refractivity contribution is -0.0118. The van der Waals surface area contributed by atoms with Crippen molar-refractivity contribution in [1.82, 2.24) is 0 Å². The van der Waals surface area contributed by atoms with Crippen LogP contribution in [0.2, 0.25) is 0 Å². The van der Waals surface area contributed by atoms with E-state index in [2.05, 4.69) is 0 Å². The zero-order chi connectivity index (χ0) is 8.15. The molecule has 0 aliphatic heterocycles. The van der Waals surface area contributed by atoms with Crippen molar-refractivity contribution in [1.29, 1.82) is 0 Å². The quantitative estimate of drug-likeness (QED) is 0.414. The number of aliphatic hydroxyl groups is 4. The van der Waals surface area contributed by atoms with Crippen LogP contribution < -0.4 is 0 Å². The molecule has 3 atom stereocenters. The normalized spacial score (nSPS) is 20.1. The van der Waals surface area contributed by atoms with Gasteiger partial charge in [0.15, 0.2) is 0 Å². The van der Waals surface area contributed by atoms with Crippen molar-refractivity contribution < 1.29 is 20.4 Å². The molecule has 10 heavy (non-hydrogen) atoms. The van der Waals surface area contributed by atoms with E-state index < -0.39 is 18.3 Å². The molecule has 1 radical (unpaired) electrons. The molecule has 0 spiro atoms. The van der Waals surface area contributed by atoms with Crippen molar-refractivity contribution in [2.24, 2.45) is 0 Å². The Morgan fingerprint density at radius 1 is 1.30 bits per heavy atom. The van der Waals surface area contributed by atoms with Crippen molar-refractivity contribution in [3.8, 4) is 0 Å². The second kappa shape index (κ2) is 4.62. The molecule has 4 nitrogen and oxygen atoms in total. The lowest BCUT2D eigenvalue weighted by atomic mass is 10.1. The van der Waals surface area contributed by atoms with Gasteiger partial charge in [-0.15, -0.1) is 0 Å². The predicted octanol–water partition coefficient (Wildman–Crippen LogP) is -0.987. The summed E-state index contributed by atoms with van der Waals surface area (Å²) >= 11 is 0. The summed E-state index contributed by atoms with van der Waals surface area (Å²) in [4.78, 5) is 0. The summed E-state index contributed by atoms with van der Waals surface area (Å²) in [6.45, 7) is 1.99. The maximum Gasteiger partial charge on any atom is 0.111 e. The van der Waals surface area contributed by atoms with Gasteiger partial charge in [0.05, 0.1) is 12.2 Å². The molecule has 4 heteroatoms. The minimum absolute atomic E-state index is 0.0538. The topological polar surface area (TPSA) is 80.9 Å². The molecule has 0 rings (SSSR count). The van der Waals surface area contributed by atoms with Crippen LogP contribution in [0.4, 0.5) is 0 Å². The SMILES string of the molecule is CC(O)CC(O)C(O)[CH]O. The molecule has 0 aromatic heterocycles. The van der Waals surface area contributed by atoms with Crippen molar-refractivity contribution >= 4 is 0 Å². The van der Waals surface area contributed by atoms with E-state index in [9.17, 15) is 0 Å². The fourth-order valence-corrected chi connectivity index (χ4v) is 0.588. The van der Waals surface area contributed by atoms with Crippen LogP contribution in [-0.2, 0) is 0 Å². The van der Waals surface area contributed by atoms with Gasteiger partial charge in [0.2, 0.25) is 0 Å². The number of aliphatic hydroxyl groups excluding tert-OH is 4. The van der Waals surface area contributed by atoms with E-state index in [0.717, 1.165) is 0 Å². The molecule has 61 valence electrons. The van der Waals surface area contributed by atoms with E-state index in [1.807, 2.05) is 0 Å². The Bertz CT molecular complexity index is 83.8. The molecular formula is C6H13O4. The first kappa shape index (κ1) is 9.84. The van der Waals surface area contributed by atoms with Crippen molar-refractivity contribution in [3.63, 3.8) is 0 Å². The van der Waals surface area contributed by atoms with Crippen LogP contribution in [0.3, 0.4) is 0 Å². The minimum atomic E-state index is -1.27. The van der Waals surface area contributed by atoms with Gasteiger partial charge in [-0.25, -0.2) is 0 Å². The number of hydrogen-bond acceptors (Lipinski definition) is 4. The number of rotatable bonds is 4. The Labute approximate surface area is 59.7 Å². The third-order valence-electron chi connectivity index (χ3n) is 1.13. The molecule has 4 N–H and O–H groups in total. The lowest BCUT2D eigenvalue weighted by Crippen LogP contribution is -2.29. The standard InChI is InChI=1S/C6H13O4/c1-4(8)2-5(9)6(10)3-7/h3-10H,2H2,1H3. The summed E-state index contributed by atoms with van der Waals surface area (Å²) in [5.41, 5.74) is 0. The van der Waals surface area contributed by atoms with Crippen LogP contribution in [0.1, 0.15) is 13.3 Å². The summed E-state index contributed by atoms with van der Waals surface area (Å²) in [6.07, 6.45) is -2.98. The van der Waals surface area contributed by atoms with Crippen molar-refractivity contribution in [2.45, 2.75) is 31.7 Å². The number of hydrogen-bond donors (Lipinski definition) is 4. The van der Waals surface area contributed by atoms with Gasteiger partial charge in [-0.1, -0.05) is 0 Å². The van der Waals surface area contributed by atoms with E-state index in [1.165, 1.54) is 6.92 Å². The lowest BCUT2D eigenvalue weighted by Gasteiger charge is -2.15. The molecule has 0 aromatic carbocycles. The van der Waals surface area contributed by atoms with E-state index in [4.69, 9.17) is 20.4 Å². The predicted molar refractivity (Wildman–Crippen MR) is 34.5 cm³/mol. The van der Waals surface area contributed by atoms with Gasteiger partial charge in [-0.3, -0.25) is 0 Å². The maximum absolute atomic E-state index is 8.89. The first-order valence-corrected chi connectivity index (χ1v) is 3.09. The molecule has 0 aliphatic rings. The molecule has 0 saturated heterocycles. The fraction of sp³-hybridized carbons (Fsp3) is 0.833. The highest BCUT2D eigenvalue weighted by molar-refractivity contribution is 4.74. The van der Waals surface area contributed by atoms with Crippen LogP contribution in [0.5, 0.6) is 0 Å². The Hall–Kier alpha value is -0.160. The van der Waals surface area contributed by atoms with Gasteiger partial charge in [-0.2, -0.15) is 0 Å². The molecule has 0 heterocycles. The Morgan fingerprint density at radius 3 is 2.10 bits per heavy atom. The molecule has 0 aliphatic carbocycles. The molecular weight excluding hydrogens is 136 g/mol. The first-order chi connectivity index (χ1) is 4.57. The molecule has 0 amide bonds. The second-order valence-electron chi connectivity index (χ2n) is 2.29. The van der Waals surface area contributed by atoms with E-state index in [1.54, 1.807) is 0 Å². The molecule has 3 unspecified atom stereocenters. The van der Waals surface area contributed by atoms with Crippen molar-refractivity contribution in [2.75, 3.05) is 0 Å². The Balaban J connectivity index is 3.50. The Kier molecular flexibility index (Phi) is 4.55. The van der Waals surface area contributed by atoms with Gasteiger partial charge in [0, 0.05) is 6.42 Å². The van der Waals surface area contributed by atoms with E-state index in [0.29, 0.717) is 6.61 Å². The van der Waals surface area contributed by atoms with Gasteiger partial charge >= 0.3 is 0 Å². The summed E-state index contributed by atoms with van der Waals surface area (Å²) in [7, 11) is 0. The Morgan fingerprint density at radius 2 is 1.80 bits per heavy atom. The molecule has 0 fully saturated rings. The summed E-state index contributed by atoms with van der Waals surface area (Å²) < 4.78 is 0. The smallest absolute Gasteiger partial charge is 0.111 e. The van der Waals surface area contributed by atoms with Crippen LogP contribution in [0.25, 0.3) is 0 Å². The summed E-state index contributed by atoms with van der Waals surface area (Å²) in [6, 6.07) is 0. The molecule has 0 aromatic rings. The highest BCUT2D eigenvalue weighted by Crippen LogP contribution is 2.03. The van der Waals surface area contributed by atoms with Crippen LogP contribution >= 0.6 is 0 Å². The second-order valence-corrected chi connectivity index (χ2v) is 2.29. The largest absolute Gasteiger partial charge is 0.393 e. The highest BCUT2D eigenvalue weighted by atomic mass is 16.4. The van der Waals surface area contributed by atoms with Crippen LogP contribution in [0, 0.1) is 6.61 Å².